The molecule has 1 aliphatic carbocycles. The molecular formula is C16H15N3. The summed E-state index contributed by atoms with van der Waals surface area (Å²) in [6, 6.07) is 14.5. The van der Waals surface area contributed by atoms with Gasteiger partial charge in [-0.3, -0.25) is 4.40 Å². The van der Waals surface area contributed by atoms with Gasteiger partial charge >= 0.3 is 0 Å². The maximum atomic E-state index is 6.21. The summed E-state index contributed by atoms with van der Waals surface area (Å²) in [4.78, 5) is 4.64. The second-order valence-corrected chi connectivity index (χ2v) is 5.17. The van der Waals surface area contributed by atoms with Crippen LogP contribution < -0.4 is 5.73 Å². The third kappa shape index (κ3) is 1.70. The van der Waals surface area contributed by atoms with Crippen LogP contribution in [0.4, 0.5) is 5.82 Å². The van der Waals surface area contributed by atoms with Gasteiger partial charge in [-0.2, -0.15) is 0 Å². The normalized spacial score (nSPS) is 14.9. The van der Waals surface area contributed by atoms with Crippen LogP contribution in [0.15, 0.2) is 48.7 Å². The summed E-state index contributed by atoms with van der Waals surface area (Å²) >= 11 is 0. The molecule has 3 aromatic rings. The van der Waals surface area contributed by atoms with Crippen molar-refractivity contribution in [2.45, 2.75) is 18.8 Å². The molecule has 1 saturated carbocycles. The van der Waals surface area contributed by atoms with Crippen molar-refractivity contribution in [1.82, 2.24) is 9.38 Å². The van der Waals surface area contributed by atoms with Crippen molar-refractivity contribution in [3.63, 3.8) is 0 Å². The first-order valence-corrected chi connectivity index (χ1v) is 6.66. The first kappa shape index (κ1) is 10.6. The molecule has 1 fully saturated rings. The Morgan fingerprint density at radius 3 is 2.79 bits per heavy atom. The molecule has 1 aromatic carbocycles. The Labute approximate surface area is 111 Å². The first-order chi connectivity index (χ1) is 9.33. The van der Waals surface area contributed by atoms with Crippen LogP contribution in [0.25, 0.3) is 16.9 Å². The van der Waals surface area contributed by atoms with Crippen LogP contribution in [0.2, 0.25) is 0 Å². The minimum absolute atomic E-state index is 0.712. The quantitative estimate of drug-likeness (QED) is 0.755. The van der Waals surface area contributed by atoms with Gasteiger partial charge in [0.25, 0.3) is 0 Å². The average Bonchev–Trinajstić information content (AvgIpc) is 3.25. The summed E-state index contributed by atoms with van der Waals surface area (Å²) in [6.45, 7) is 0. The van der Waals surface area contributed by atoms with Gasteiger partial charge in [0.1, 0.15) is 17.2 Å². The Bertz CT molecular complexity index is 754. The molecule has 0 saturated heterocycles. The van der Waals surface area contributed by atoms with Gasteiger partial charge in [0, 0.05) is 11.8 Å². The zero-order valence-corrected chi connectivity index (χ0v) is 10.6. The summed E-state index contributed by atoms with van der Waals surface area (Å²) < 4.78 is 1.93. The molecular weight excluding hydrogens is 234 g/mol. The summed E-state index contributed by atoms with van der Waals surface area (Å²) in [5.74, 6) is 1.46. The van der Waals surface area contributed by atoms with Crippen LogP contribution in [0.5, 0.6) is 0 Å². The van der Waals surface area contributed by atoms with Crippen LogP contribution >= 0.6 is 0 Å². The van der Waals surface area contributed by atoms with Crippen molar-refractivity contribution in [3.8, 4) is 11.3 Å². The molecule has 0 atom stereocenters. The number of benzene rings is 1. The van der Waals surface area contributed by atoms with Crippen molar-refractivity contribution < 1.29 is 0 Å². The molecule has 4 rings (SSSR count). The van der Waals surface area contributed by atoms with Crippen molar-refractivity contribution in [2.75, 3.05) is 5.73 Å². The topological polar surface area (TPSA) is 43.3 Å². The van der Waals surface area contributed by atoms with Crippen LogP contribution in [-0.4, -0.2) is 9.38 Å². The number of nitrogens with zero attached hydrogens (tertiary/aromatic N) is 2. The fourth-order valence-corrected chi connectivity index (χ4v) is 2.58. The molecule has 2 aromatic heterocycles. The fourth-order valence-electron chi connectivity index (χ4n) is 2.58. The number of hydrogen-bond donors (Lipinski definition) is 1. The second kappa shape index (κ2) is 3.85. The van der Waals surface area contributed by atoms with Crippen LogP contribution in [0.1, 0.15) is 24.3 Å². The average molecular weight is 249 g/mol. The van der Waals surface area contributed by atoms with E-state index in [0.29, 0.717) is 5.82 Å². The molecule has 3 nitrogen and oxygen atoms in total. The Hall–Kier alpha value is -2.29. The van der Waals surface area contributed by atoms with E-state index in [4.69, 9.17) is 5.73 Å². The Morgan fingerprint density at radius 1 is 1.11 bits per heavy atom. The highest BCUT2D eigenvalue weighted by molar-refractivity contribution is 5.75. The monoisotopic (exact) mass is 249 g/mol. The number of rotatable bonds is 2. The zero-order chi connectivity index (χ0) is 12.8. The molecule has 1 aliphatic rings. The van der Waals surface area contributed by atoms with Crippen LogP contribution in [0.3, 0.4) is 0 Å². The van der Waals surface area contributed by atoms with Gasteiger partial charge < -0.3 is 5.73 Å². The Balaban J connectivity index is 1.89. The lowest BCUT2D eigenvalue weighted by Crippen LogP contribution is -1.93. The minimum Gasteiger partial charge on any atom is -0.383 e. The first-order valence-electron chi connectivity index (χ1n) is 6.66. The van der Waals surface area contributed by atoms with Gasteiger partial charge in [-0.25, -0.2) is 4.98 Å². The molecule has 3 heteroatoms. The van der Waals surface area contributed by atoms with Crippen LogP contribution in [0, 0.1) is 0 Å². The number of pyridine rings is 1. The third-order valence-electron chi connectivity index (χ3n) is 3.78. The number of nitrogen functional groups attached to an aromatic ring is 1. The summed E-state index contributed by atoms with van der Waals surface area (Å²) in [6.07, 6.45) is 4.57. The number of imidazole rings is 1. The number of aromatic nitrogens is 2. The predicted octanol–water partition coefficient (Wildman–Crippen LogP) is 3.46. The van der Waals surface area contributed by atoms with E-state index in [1.807, 2.05) is 28.8 Å². The third-order valence-corrected chi connectivity index (χ3v) is 3.78. The van der Waals surface area contributed by atoms with E-state index in [2.05, 4.69) is 29.2 Å². The number of nitrogens with two attached hydrogens (primary N) is 1. The predicted molar refractivity (Wildman–Crippen MR) is 77.0 cm³/mol. The lowest BCUT2D eigenvalue weighted by Gasteiger charge is -2.03. The summed E-state index contributed by atoms with van der Waals surface area (Å²) in [5, 5.41) is 0. The molecule has 0 aliphatic heterocycles. The van der Waals surface area contributed by atoms with Crippen LogP contribution in [-0.2, 0) is 0 Å². The highest BCUT2D eigenvalue weighted by Gasteiger charge is 2.24. The molecule has 94 valence electrons. The fraction of sp³-hybridized carbons (Fsp3) is 0.188. The summed E-state index contributed by atoms with van der Waals surface area (Å²) in [5.41, 5.74) is 10.5. The minimum atomic E-state index is 0.712. The smallest absolute Gasteiger partial charge is 0.139 e. The van der Waals surface area contributed by atoms with Crippen molar-refractivity contribution in [3.05, 3.63) is 54.2 Å². The number of hydrogen-bond acceptors (Lipinski definition) is 2. The lowest BCUT2D eigenvalue weighted by atomic mass is 10.1. The lowest BCUT2D eigenvalue weighted by molar-refractivity contribution is 1.13. The van der Waals surface area contributed by atoms with Gasteiger partial charge in [-0.1, -0.05) is 24.3 Å². The Morgan fingerprint density at radius 2 is 2.00 bits per heavy atom. The van der Waals surface area contributed by atoms with Gasteiger partial charge in [0.15, 0.2) is 0 Å². The van der Waals surface area contributed by atoms with E-state index in [9.17, 15) is 0 Å². The zero-order valence-electron chi connectivity index (χ0n) is 10.6. The highest BCUT2D eigenvalue weighted by Crippen LogP contribution is 2.41. The SMILES string of the molecule is Nc1c(-c2cccc(C3CC3)c2)nc2ccccn12. The van der Waals surface area contributed by atoms with Gasteiger partial charge in [0.2, 0.25) is 0 Å². The molecule has 0 amide bonds. The molecule has 2 N–H and O–H groups in total. The largest absolute Gasteiger partial charge is 0.383 e. The molecule has 0 radical (unpaired) electrons. The second-order valence-electron chi connectivity index (χ2n) is 5.17. The van der Waals surface area contributed by atoms with Crippen molar-refractivity contribution in [2.24, 2.45) is 0 Å². The van der Waals surface area contributed by atoms with E-state index in [1.165, 1.54) is 18.4 Å². The molecule has 19 heavy (non-hydrogen) atoms. The molecule has 0 unspecified atom stereocenters. The van der Waals surface area contributed by atoms with Gasteiger partial charge in [-0.05, 0) is 42.5 Å². The maximum absolute atomic E-state index is 6.21. The molecule has 0 bridgehead atoms. The standard InChI is InChI=1S/C16H15N3/c17-16-15(18-14-6-1-2-9-19(14)16)13-5-3-4-12(10-13)11-7-8-11/h1-6,9-11H,7-8,17H2. The summed E-state index contributed by atoms with van der Waals surface area (Å²) in [7, 11) is 0. The number of fused-ring (bicyclic) bond motifs is 1. The van der Waals surface area contributed by atoms with Gasteiger partial charge in [0.05, 0.1) is 0 Å². The van der Waals surface area contributed by atoms with Crippen molar-refractivity contribution >= 4 is 11.5 Å². The molecule has 2 heterocycles. The number of anilines is 1. The van der Waals surface area contributed by atoms with E-state index < -0.39 is 0 Å². The van der Waals surface area contributed by atoms with Crippen molar-refractivity contribution in [1.29, 1.82) is 0 Å². The van der Waals surface area contributed by atoms with E-state index in [-0.39, 0.29) is 0 Å². The van der Waals surface area contributed by atoms with Gasteiger partial charge in [-0.15, -0.1) is 0 Å². The van der Waals surface area contributed by atoms with E-state index in [1.54, 1.807) is 0 Å². The maximum Gasteiger partial charge on any atom is 0.139 e. The highest BCUT2D eigenvalue weighted by atomic mass is 15.1. The van der Waals surface area contributed by atoms with E-state index in [0.717, 1.165) is 22.8 Å². The molecule has 0 spiro atoms. The Kier molecular flexibility index (Phi) is 2.15. The van der Waals surface area contributed by atoms with E-state index >= 15 is 0 Å².